The van der Waals surface area contributed by atoms with Crippen molar-refractivity contribution in [1.82, 2.24) is 15.6 Å². The lowest BCUT2D eigenvalue weighted by atomic mass is 10.1. The van der Waals surface area contributed by atoms with Crippen LogP contribution >= 0.6 is 0 Å². The van der Waals surface area contributed by atoms with E-state index in [-0.39, 0.29) is 5.91 Å². The first kappa shape index (κ1) is 31.6. The second-order valence-corrected chi connectivity index (χ2v) is 8.80. The van der Waals surface area contributed by atoms with E-state index in [1.807, 2.05) is 72.8 Å². The molecule has 0 aliphatic heterocycles. The van der Waals surface area contributed by atoms with E-state index >= 15 is 0 Å². The molecule has 8 nitrogen and oxygen atoms in total. The number of nitrogens with zero attached hydrogens (tertiary/aromatic N) is 1. The van der Waals surface area contributed by atoms with Gasteiger partial charge in [-0.2, -0.15) is 13.2 Å². The van der Waals surface area contributed by atoms with Crippen LogP contribution in [-0.4, -0.2) is 48.4 Å². The number of carboxylic acid groups (broad SMARTS) is 1. The van der Waals surface area contributed by atoms with Crippen LogP contribution in [0.4, 0.5) is 13.2 Å². The third-order valence-corrected chi connectivity index (χ3v) is 5.72. The molecule has 1 aromatic heterocycles. The standard InChI is InChI=1S/C29H29N3O3.C2HF3O2/c1-34-27-9-5-6-23(18-27)21-32-29(33)25-14-15-31-28(19-25)24-12-10-22(11-13-24)20-30-16-17-35-26-7-3-2-4-8-26;3-2(4,5)1(6)7/h2-15,18-19,30H,16-17,20-21H2,1H3,(H,32,33);(H,6,7). The molecule has 0 radical (unpaired) electrons. The summed E-state index contributed by atoms with van der Waals surface area (Å²) < 4.78 is 42.7. The smallest absolute Gasteiger partial charge is 0.490 e. The minimum absolute atomic E-state index is 0.144. The maximum absolute atomic E-state index is 12.7. The lowest BCUT2D eigenvalue weighted by Crippen LogP contribution is -2.22. The van der Waals surface area contributed by atoms with Crippen molar-refractivity contribution in [1.29, 1.82) is 0 Å². The SMILES string of the molecule is COc1cccc(CNC(=O)c2ccnc(-c3ccc(CNCCOc4ccccc4)cc3)c2)c1.O=C(O)C(F)(F)F. The number of pyridine rings is 1. The van der Waals surface area contributed by atoms with Gasteiger partial charge in [0.15, 0.2) is 0 Å². The van der Waals surface area contributed by atoms with Crippen molar-refractivity contribution in [2.24, 2.45) is 0 Å². The van der Waals surface area contributed by atoms with E-state index in [1.54, 1.807) is 19.4 Å². The van der Waals surface area contributed by atoms with Gasteiger partial charge in [-0.25, -0.2) is 4.79 Å². The molecule has 4 rings (SSSR count). The minimum Gasteiger partial charge on any atom is -0.497 e. The molecule has 42 heavy (non-hydrogen) atoms. The van der Waals surface area contributed by atoms with E-state index < -0.39 is 12.1 Å². The first-order chi connectivity index (χ1) is 20.2. The highest BCUT2D eigenvalue weighted by atomic mass is 19.4. The zero-order valence-corrected chi connectivity index (χ0v) is 22.7. The average Bonchev–Trinajstić information content (AvgIpc) is 3.00. The first-order valence-electron chi connectivity index (χ1n) is 12.8. The topological polar surface area (TPSA) is 110 Å². The van der Waals surface area contributed by atoms with Crippen molar-refractivity contribution in [3.8, 4) is 22.8 Å². The predicted molar refractivity (Wildman–Crippen MR) is 151 cm³/mol. The van der Waals surface area contributed by atoms with E-state index in [0.29, 0.717) is 18.7 Å². The minimum atomic E-state index is -5.08. The summed E-state index contributed by atoms with van der Waals surface area (Å²) in [6, 6.07) is 29.2. The molecule has 0 saturated heterocycles. The fraction of sp³-hybridized carbons (Fsp3) is 0.194. The molecule has 0 spiro atoms. The number of rotatable bonds is 11. The largest absolute Gasteiger partial charge is 0.497 e. The van der Waals surface area contributed by atoms with Crippen molar-refractivity contribution >= 4 is 11.9 Å². The van der Waals surface area contributed by atoms with Crippen molar-refractivity contribution in [2.75, 3.05) is 20.3 Å². The number of halogens is 3. The van der Waals surface area contributed by atoms with Crippen LogP contribution in [0.2, 0.25) is 0 Å². The summed E-state index contributed by atoms with van der Waals surface area (Å²) >= 11 is 0. The van der Waals surface area contributed by atoms with E-state index in [1.165, 1.54) is 5.56 Å². The van der Waals surface area contributed by atoms with Gasteiger partial charge in [0.1, 0.15) is 18.1 Å². The molecule has 220 valence electrons. The normalized spacial score (nSPS) is 10.7. The van der Waals surface area contributed by atoms with Gasteiger partial charge in [-0.15, -0.1) is 0 Å². The summed E-state index contributed by atoms with van der Waals surface area (Å²) in [4.78, 5) is 26.0. The van der Waals surface area contributed by atoms with Gasteiger partial charge in [-0.05, 0) is 47.5 Å². The Bertz CT molecular complexity index is 1430. The number of ether oxygens (including phenoxy) is 2. The lowest BCUT2D eigenvalue weighted by Gasteiger charge is -2.09. The molecule has 1 amide bonds. The number of nitrogens with one attached hydrogen (secondary N) is 2. The molecular formula is C31H30F3N3O5. The molecular weight excluding hydrogens is 551 g/mol. The number of carboxylic acids is 1. The van der Waals surface area contributed by atoms with Gasteiger partial charge in [0, 0.05) is 37.0 Å². The summed E-state index contributed by atoms with van der Waals surface area (Å²) in [7, 11) is 1.63. The molecule has 4 aromatic rings. The second-order valence-electron chi connectivity index (χ2n) is 8.80. The molecule has 3 aromatic carbocycles. The van der Waals surface area contributed by atoms with Gasteiger partial charge in [-0.3, -0.25) is 9.78 Å². The van der Waals surface area contributed by atoms with Crippen LogP contribution in [0.25, 0.3) is 11.3 Å². The van der Waals surface area contributed by atoms with Gasteiger partial charge in [0.25, 0.3) is 5.91 Å². The zero-order chi connectivity index (χ0) is 30.4. The van der Waals surface area contributed by atoms with E-state index in [0.717, 1.165) is 41.4 Å². The molecule has 0 saturated carbocycles. The number of alkyl halides is 3. The van der Waals surface area contributed by atoms with Crippen LogP contribution in [0.1, 0.15) is 21.5 Å². The summed E-state index contributed by atoms with van der Waals surface area (Å²) in [5.41, 5.74) is 4.43. The van der Waals surface area contributed by atoms with Gasteiger partial charge in [0.05, 0.1) is 12.8 Å². The average molecular weight is 582 g/mol. The van der Waals surface area contributed by atoms with E-state index in [2.05, 4.69) is 27.8 Å². The lowest BCUT2D eigenvalue weighted by molar-refractivity contribution is -0.192. The number of carbonyl (C=O) groups excluding carboxylic acids is 1. The fourth-order valence-electron chi connectivity index (χ4n) is 3.58. The summed E-state index contributed by atoms with van der Waals surface area (Å²) in [6.07, 6.45) is -3.42. The van der Waals surface area contributed by atoms with Crippen molar-refractivity contribution < 1.29 is 37.3 Å². The van der Waals surface area contributed by atoms with Gasteiger partial charge >= 0.3 is 12.1 Å². The Morgan fingerprint density at radius 1 is 0.857 bits per heavy atom. The molecule has 3 N–H and O–H groups in total. The Hall–Kier alpha value is -4.90. The number of para-hydroxylation sites is 1. The van der Waals surface area contributed by atoms with Crippen molar-refractivity contribution in [3.05, 3.63) is 114 Å². The number of hydrogen-bond donors (Lipinski definition) is 3. The Balaban J connectivity index is 0.000000616. The molecule has 0 fully saturated rings. The Kier molecular flexibility index (Phi) is 11.9. The highest BCUT2D eigenvalue weighted by Gasteiger charge is 2.38. The first-order valence-corrected chi connectivity index (χ1v) is 12.8. The number of methoxy groups -OCH3 is 1. The van der Waals surface area contributed by atoms with Crippen molar-refractivity contribution in [2.45, 2.75) is 19.3 Å². The number of aliphatic carboxylic acids is 1. The third kappa shape index (κ3) is 10.6. The summed E-state index contributed by atoms with van der Waals surface area (Å²) in [6.45, 7) is 2.54. The van der Waals surface area contributed by atoms with Crippen LogP contribution in [0.3, 0.4) is 0 Å². The molecule has 0 bridgehead atoms. The number of carbonyl (C=O) groups is 2. The van der Waals surface area contributed by atoms with Crippen LogP contribution in [0.5, 0.6) is 11.5 Å². The van der Waals surface area contributed by atoms with Gasteiger partial charge in [-0.1, -0.05) is 54.6 Å². The molecule has 1 heterocycles. The zero-order valence-electron chi connectivity index (χ0n) is 22.7. The molecule has 0 atom stereocenters. The highest BCUT2D eigenvalue weighted by molar-refractivity contribution is 5.95. The number of hydrogen-bond acceptors (Lipinski definition) is 6. The van der Waals surface area contributed by atoms with Crippen LogP contribution < -0.4 is 20.1 Å². The van der Waals surface area contributed by atoms with Gasteiger partial charge in [0.2, 0.25) is 0 Å². The maximum atomic E-state index is 12.7. The van der Waals surface area contributed by atoms with Crippen LogP contribution in [0.15, 0.2) is 97.2 Å². The highest BCUT2D eigenvalue weighted by Crippen LogP contribution is 2.19. The fourth-order valence-corrected chi connectivity index (χ4v) is 3.58. The number of aromatic nitrogens is 1. The van der Waals surface area contributed by atoms with Crippen LogP contribution in [-0.2, 0) is 17.9 Å². The van der Waals surface area contributed by atoms with E-state index in [4.69, 9.17) is 19.4 Å². The molecule has 0 aliphatic carbocycles. The molecule has 11 heteroatoms. The third-order valence-electron chi connectivity index (χ3n) is 5.72. The summed E-state index contributed by atoms with van der Waals surface area (Å²) in [5.74, 6) is -1.26. The maximum Gasteiger partial charge on any atom is 0.490 e. The molecule has 0 unspecified atom stereocenters. The quantitative estimate of drug-likeness (QED) is 0.201. The van der Waals surface area contributed by atoms with Gasteiger partial charge < -0.3 is 25.2 Å². The van der Waals surface area contributed by atoms with Crippen molar-refractivity contribution in [3.63, 3.8) is 0 Å². The van der Waals surface area contributed by atoms with Crippen LogP contribution in [0, 0.1) is 0 Å². The summed E-state index contributed by atoms with van der Waals surface area (Å²) in [5, 5.41) is 13.5. The number of amides is 1. The van der Waals surface area contributed by atoms with E-state index in [9.17, 15) is 18.0 Å². The predicted octanol–water partition coefficient (Wildman–Crippen LogP) is 5.49. The molecule has 0 aliphatic rings. The monoisotopic (exact) mass is 581 g/mol. The Morgan fingerprint density at radius 3 is 2.21 bits per heavy atom. The Labute approximate surface area is 241 Å². The Morgan fingerprint density at radius 2 is 1.55 bits per heavy atom. The number of benzene rings is 3. The second kappa shape index (κ2) is 15.8.